The van der Waals surface area contributed by atoms with Gasteiger partial charge in [0, 0.05) is 7.05 Å². The van der Waals surface area contributed by atoms with Crippen molar-refractivity contribution in [3.63, 3.8) is 0 Å². The number of thioether (sulfide) groups is 1. The highest BCUT2D eigenvalue weighted by Crippen LogP contribution is 2.34. The second kappa shape index (κ2) is 7.66. The van der Waals surface area contributed by atoms with E-state index in [0.29, 0.717) is 10.1 Å². The Bertz CT molecular complexity index is 888. The average molecular weight is 368 g/mol. The first kappa shape index (κ1) is 18.1. The molecular formula is C20H20N2O3S. The summed E-state index contributed by atoms with van der Waals surface area (Å²) in [5, 5.41) is 0.650. The van der Waals surface area contributed by atoms with Gasteiger partial charge in [0.2, 0.25) is 0 Å². The van der Waals surface area contributed by atoms with E-state index in [1.165, 1.54) is 11.8 Å². The second-order valence-corrected chi connectivity index (χ2v) is 6.81. The first-order valence-corrected chi connectivity index (χ1v) is 8.88. The Hall–Kier alpha value is -2.73. The highest BCUT2D eigenvalue weighted by atomic mass is 32.2. The summed E-state index contributed by atoms with van der Waals surface area (Å²) < 4.78 is 10.4. The second-order valence-electron chi connectivity index (χ2n) is 5.80. The van der Waals surface area contributed by atoms with Crippen LogP contribution in [0.5, 0.6) is 11.5 Å². The first-order valence-electron chi connectivity index (χ1n) is 8.07. The minimum atomic E-state index is -0.0595. The quantitative estimate of drug-likeness (QED) is 0.757. The van der Waals surface area contributed by atoms with Crippen LogP contribution in [0.3, 0.4) is 0 Å². The number of benzene rings is 2. The number of hydrogen-bond donors (Lipinski definition) is 0. The van der Waals surface area contributed by atoms with Gasteiger partial charge in [0.25, 0.3) is 5.91 Å². The number of amides is 1. The van der Waals surface area contributed by atoms with Gasteiger partial charge in [-0.3, -0.25) is 9.69 Å². The molecular weight excluding hydrogens is 348 g/mol. The van der Waals surface area contributed by atoms with Crippen molar-refractivity contribution in [3.8, 4) is 11.5 Å². The molecule has 1 amide bonds. The molecule has 6 heteroatoms. The van der Waals surface area contributed by atoms with E-state index < -0.39 is 0 Å². The molecule has 0 atom stereocenters. The van der Waals surface area contributed by atoms with Crippen LogP contribution in [0.15, 0.2) is 52.4 Å². The van der Waals surface area contributed by atoms with Gasteiger partial charge in [-0.25, -0.2) is 4.99 Å². The van der Waals surface area contributed by atoms with E-state index in [0.717, 1.165) is 28.3 Å². The number of hydrogen-bond acceptors (Lipinski definition) is 5. The molecule has 0 unspecified atom stereocenters. The molecule has 0 radical (unpaired) electrons. The first-order chi connectivity index (χ1) is 12.5. The maximum absolute atomic E-state index is 12.5. The monoisotopic (exact) mass is 368 g/mol. The van der Waals surface area contributed by atoms with Crippen LogP contribution in [0.2, 0.25) is 0 Å². The lowest BCUT2D eigenvalue weighted by molar-refractivity contribution is -0.121. The van der Waals surface area contributed by atoms with Crippen LogP contribution < -0.4 is 9.47 Å². The van der Waals surface area contributed by atoms with Crippen LogP contribution in [0, 0.1) is 6.92 Å². The lowest BCUT2D eigenvalue weighted by Gasteiger charge is -2.07. The molecule has 2 aromatic rings. The van der Waals surface area contributed by atoms with Crippen molar-refractivity contribution in [2.45, 2.75) is 6.92 Å². The van der Waals surface area contributed by atoms with Crippen LogP contribution in [0.25, 0.3) is 6.08 Å². The minimum absolute atomic E-state index is 0.0595. The molecule has 26 heavy (non-hydrogen) atoms. The SMILES string of the molecule is COc1ccc(N=C2S/C(=C\c3ccc(OC)c(C)c3)C(=O)N2C)cc1. The van der Waals surface area contributed by atoms with Crippen LogP contribution in [-0.2, 0) is 4.79 Å². The van der Waals surface area contributed by atoms with E-state index in [4.69, 9.17) is 9.47 Å². The van der Waals surface area contributed by atoms with E-state index in [-0.39, 0.29) is 5.91 Å². The number of carbonyl (C=O) groups is 1. The maximum Gasteiger partial charge on any atom is 0.266 e. The molecule has 0 N–H and O–H groups in total. The third-order valence-corrected chi connectivity index (χ3v) is 5.08. The van der Waals surface area contributed by atoms with Crippen molar-refractivity contribution in [2.24, 2.45) is 4.99 Å². The third kappa shape index (κ3) is 3.75. The Morgan fingerprint density at radius 3 is 2.42 bits per heavy atom. The van der Waals surface area contributed by atoms with Gasteiger partial charge >= 0.3 is 0 Å². The summed E-state index contributed by atoms with van der Waals surface area (Å²) in [4.78, 5) is 19.3. The van der Waals surface area contributed by atoms with Crippen molar-refractivity contribution in [1.82, 2.24) is 4.90 Å². The Morgan fingerprint density at radius 1 is 1.08 bits per heavy atom. The van der Waals surface area contributed by atoms with Gasteiger partial charge in [0.05, 0.1) is 24.8 Å². The molecule has 1 saturated heterocycles. The van der Waals surface area contributed by atoms with E-state index in [9.17, 15) is 4.79 Å². The molecule has 1 fully saturated rings. The lowest BCUT2D eigenvalue weighted by Crippen LogP contribution is -2.23. The van der Waals surface area contributed by atoms with E-state index in [2.05, 4.69) is 4.99 Å². The minimum Gasteiger partial charge on any atom is -0.497 e. The number of nitrogens with zero attached hydrogens (tertiary/aromatic N) is 2. The van der Waals surface area contributed by atoms with Crippen LogP contribution in [0.4, 0.5) is 5.69 Å². The molecule has 134 valence electrons. The fourth-order valence-electron chi connectivity index (χ4n) is 2.56. The Labute approximate surface area is 157 Å². The summed E-state index contributed by atoms with van der Waals surface area (Å²) in [5.41, 5.74) is 2.76. The maximum atomic E-state index is 12.5. The fraction of sp³-hybridized carbons (Fsp3) is 0.200. The zero-order chi connectivity index (χ0) is 18.7. The standard InChI is InChI=1S/C20H20N2O3S/c1-13-11-14(5-10-17(13)25-4)12-18-19(23)22(2)20(26-18)21-15-6-8-16(24-3)9-7-15/h5-12H,1-4H3/b18-12-,21-20?. The van der Waals surface area contributed by atoms with E-state index >= 15 is 0 Å². The van der Waals surface area contributed by atoms with Crippen LogP contribution in [0.1, 0.15) is 11.1 Å². The Balaban J connectivity index is 1.85. The topological polar surface area (TPSA) is 51.1 Å². The molecule has 0 bridgehead atoms. The summed E-state index contributed by atoms with van der Waals surface area (Å²) in [6.45, 7) is 1.98. The summed E-state index contributed by atoms with van der Waals surface area (Å²) in [6.07, 6.45) is 1.88. The highest BCUT2D eigenvalue weighted by molar-refractivity contribution is 8.18. The van der Waals surface area contributed by atoms with Crippen LogP contribution >= 0.6 is 11.8 Å². The normalized spacial score (nSPS) is 17.2. The molecule has 0 aromatic heterocycles. The number of rotatable bonds is 4. The molecule has 3 rings (SSSR count). The van der Waals surface area contributed by atoms with E-state index in [1.54, 1.807) is 26.2 Å². The van der Waals surface area contributed by atoms with Gasteiger partial charge in [0.1, 0.15) is 11.5 Å². The van der Waals surface area contributed by atoms with Gasteiger partial charge in [-0.2, -0.15) is 0 Å². The van der Waals surface area contributed by atoms with Crippen molar-refractivity contribution in [2.75, 3.05) is 21.3 Å². The molecule has 1 aliphatic rings. The zero-order valence-electron chi connectivity index (χ0n) is 15.1. The third-order valence-electron chi connectivity index (χ3n) is 4.02. The molecule has 5 nitrogen and oxygen atoms in total. The summed E-state index contributed by atoms with van der Waals surface area (Å²) in [7, 11) is 5.00. The van der Waals surface area contributed by atoms with Gasteiger partial charge < -0.3 is 9.47 Å². The number of methoxy groups -OCH3 is 2. The Kier molecular flexibility index (Phi) is 5.32. The van der Waals surface area contributed by atoms with Gasteiger partial charge in [-0.15, -0.1) is 0 Å². The number of aryl methyl sites for hydroxylation is 1. The van der Waals surface area contributed by atoms with Crippen molar-refractivity contribution in [1.29, 1.82) is 0 Å². The summed E-state index contributed by atoms with van der Waals surface area (Å²) in [6, 6.07) is 13.2. The molecule has 0 saturated carbocycles. The zero-order valence-corrected chi connectivity index (χ0v) is 16.0. The largest absolute Gasteiger partial charge is 0.497 e. The number of amidine groups is 1. The number of carbonyl (C=O) groups excluding carboxylic acids is 1. The fourth-order valence-corrected chi connectivity index (χ4v) is 3.55. The van der Waals surface area contributed by atoms with Crippen LogP contribution in [-0.4, -0.2) is 37.2 Å². The van der Waals surface area contributed by atoms with Gasteiger partial charge in [0.15, 0.2) is 5.17 Å². The predicted molar refractivity (Wildman–Crippen MR) is 106 cm³/mol. The Morgan fingerprint density at radius 2 is 1.81 bits per heavy atom. The highest BCUT2D eigenvalue weighted by Gasteiger charge is 2.30. The molecule has 1 aliphatic heterocycles. The summed E-state index contributed by atoms with van der Waals surface area (Å²) in [5.74, 6) is 1.54. The van der Waals surface area contributed by atoms with E-state index in [1.807, 2.05) is 55.5 Å². The number of ether oxygens (including phenoxy) is 2. The van der Waals surface area contributed by atoms with Crippen molar-refractivity contribution >= 4 is 34.6 Å². The van der Waals surface area contributed by atoms with Crippen molar-refractivity contribution < 1.29 is 14.3 Å². The predicted octanol–water partition coefficient (Wildman–Crippen LogP) is 4.25. The number of aliphatic imine (C=N–C) groups is 1. The number of likely N-dealkylation sites (N-methyl/N-ethyl adjacent to an activating group) is 1. The molecule has 1 heterocycles. The molecule has 2 aromatic carbocycles. The molecule has 0 spiro atoms. The van der Waals surface area contributed by atoms with Crippen molar-refractivity contribution in [3.05, 3.63) is 58.5 Å². The lowest BCUT2D eigenvalue weighted by atomic mass is 10.1. The van der Waals surface area contributed by atoms with Gasteiger partial charge in [-0.1, -0.05) is 6.07 Å². The summed E-state index contributed by atoms with van der Waals surface area (Å²) >= 11 is 1.37. The average Bonchev–Trinajstić information content (AvgIpc) is 2.90. The van der Waals surface area contributed by atoms with Gasteiger partial charge in [-0.05, 0) is 72.3 Å². The smallest absolute Gasteiger partial charge is 0.266 e. The molecule has 0 aliphatic carbocycles.